The molecule has 1 aliphatic rings. The van der Waals surface area contributed by atoms with Crippen LogP contribution in [0.15, 0.2) is 36.5 Å². The molecule has 22 heavy (non-hydrogen) atoms. The molecule has 0 radical (unpaired) electrons. The Balaban J connectivity index is 2.60. The first-order valence-electron chi connectivity index (χ1n) is 6.90. The standard InChI is InChI=1S/C16H20O6/c1-11(21-12(2)17)16(22-13(3)18)7-5-4-6-15-9-8-14(19)10-20-15/h4-9,11,15-16H,10H2,1-3H3/t11-,15+,16+/m0/s1. The summed E-state index contributed by atoms with van der Waals surface area (Å²) in [6, 6.07) is 0. The molecule has 3 atom stereocenters. The van der Waals surface area contributed by atoms with E-state index in [2.05, 4.69) is 0 Å². The number of ketones is 1. The van der Waals surface area contributed by atoms with E-state index >= 15 is 0 Å². The number of esters is 2. The second-order valence-corrected chi connectivity index (χ2v) is 4.76. The number of allylic oxidation sites excluding steroid dienone is 2. The minimum atomic E-state index is -0.671. The lowest BCUT2D eigenvalue weighted by molar-refractivity contribution is -0.160. The Hall–Kier alpha value is -2.21. The summed E-state index contributed by atoms with van der Waals surface area (Å²) in [6.45, 7) is 4.28. The lowest BCUT2D eigenvalue weighted by atomic mass is 10.2. The van der Waals surface area contributed by atoms with Gasteiger partial charge in [-0.15, -0.1) is 0 Å². The highest BCUT2D eigenvalue weighted by Gasteiger charge is 2.19. The SMILES string of the molecule is CC(=O)O[C@@H](C)[C@@H](C=CC=C[C@@H]1C=CC(=O)CO1)OC(C)=O. The van der Waals surface area contributed by atoms with E-state index in [4.69, 9.17) is 14.2 Å². The zero-order valence-corrected chi connectivity index (χ0v) is 12.9. The Morgan fingerprint density at radius 1 is 1.27 bits per heavy atom. The van der Waals surface area contributed by atoms with Crippen LogP contribution in [0.3, 0.4) is 0 Å². The van der Waals surface area contributed by atoms with Gasteiger partial charge in [-0.25, -0.2) is 0 Å². The maximum absolute atomic E-state index is 11.1. The monoisotopic (exact) mass is 308 g/mol. The Bertz CT molecular complexity index is 503. The molecule has 0 aliphatic carbocycles. The fourth-order valence-corrected chi connectivity index (χ4v) is 1.76. The van der Waals surface area contributed by atoms with Crippen molar-refractivity contribution in [1.82, 2.24) is 0 Å². The van der Waals surface area contributed by atoms with Crippen LogP contribution in [0.25, 0.3) is 0 Å². The summed E-state index contributed by atoms with van der Waals surface area (Å²) < 4.78 is 15.3. The average molecular weight is 308 g/mol. The van der Waals surface area contributed by atoms with E-state index in [1.807, 2.05) is 0 Å². The molecule has 0 saturated carbocycles. The molecular weight excluding hydrogens is 288 g/mol. The van der Waals surface area contributed by atoms with Crippen molar-refractivity contribution in [3.63, 3.8) is 0 Å². The molecular formula is C16H20O6. The van der Waals surface area contributed by atoms with Crippen molar-refractivity contribution in [3.8, 4) is 0 Å². The van der Waals surface area contributed by atoms with Gasteiger partial charge in [-0.3, -0.25) is 14.4 Å². The van der Waals surface area contributed by atoms with Gasteiger partial charge in [-0.05, 0) is 25.2 Å². The van der Waals surface area contributed by atoms with Crippen LogP contribution >= 0.6 is 0 Å². The molecule has 0 aromatic carbocycles. The van der Waals surface area contributed by atoms with E-state index in [0.29, 0.717) is 0 Å². The molecule has 6 heteroatoms. The molecule has 0 aromatic heterocycles. The van der Waals surface area contributed by atoms with E-state index in [9.17, 15) is 14.4 Å². The van der Waals surface area contributed by atoms with Crippen LogP contribution in [0.1, 0.15) is 20.8 Å². The van der Waals surface area contributed by atoms with Gasteiger partial charge in [0.1, 0.15) is 12.7 Å². The van der Waals surface area contributed by atoms with Crippen molar-refractivity contribution in [2.75, 3.05) is 6.61 Å². The summed E-state index contributed by atoms with van der Waals surface area (Å²) in [5.41, 5.74) is 0. The Morgan fingerprint density at radius 3 is 2.50 bits per heavy atom. The van der Waals surface area contributed by atoms with E-state index < -0.39 is 24.1 Å². The molecule has 1 aliphatic heterocycles. The number of hydrogen-bond acceptors (Lipinski definition) is 6. The Kier molecular flexibility index (Phi) is 7.25. The summed E-state index contributed by atoms with van der Waals surface area (Å²) in [6.07, 6.45) is 8.35. The van der Waals surface area contributed by atoms with E-state index in [0.717, 1.165) is 0 Å². The highest BCUT2D eigenvalue weighted by Crippen LogP contribution is 2.08. The summed E-state index contributed by atoms with van der Waals surface area (Å²) in [5.74, 6) is -0.973. The first kappa shape index (κ1) is 17.8. The van der Waals surface area contributed by atoms with Gasteiger partial charge in [-0.2, -0.15) is 0 Å². The largest absolute Gasteiger partial charge is 0.459 e. The van der Waals surface area contributed by atoms with Crippen molar-refractivity contribution in [2.45, 2.75) is 39.1 Å². The molecule has 0 aromatic rings. The van der Waals surface area contributed by atoms with Gasteiger partial charge in [0.15, 0.2) is 11.9 Å². The second-order valence-electron chi connectivity index (χ2n) is 4.76. The Labute approximate surface area is 129 Å². The number of hydrogen-bond donors (Lipinski definition) is 0. The maximum Gasteiger partial charge on any atom is 0.303 e. The molecule has 120 valence electrons. The highest BCUT2D eigenvalue weighted by molar-refractivity contribution is 5.91. The predicted molar refractivity (Wildman–Crippen MR) is 78.9 cm³/mol. The topological polar surface area (TPSA) is 78.9 Å². The zero-order valence-electron chi connectivity index (χ0n) is 12.9. The summed E-state index contributed by atoms with van der Waals surface area (Å²) in [4.78, 5) is 33.0. The smallest absolute Gasteiger partial charge is 0.303 e. The zero-order chi connectivity index (χ0) is 16.5. The van der Waals surface area contributed by atoms with Crippen molar-refractivity contribution in [3.05, 3.63) is 36.5 Å². The van der Waals surface area contributed by atoms with Gasteiger partial charge in [0.05, 0.1) is 6.10 Å². The molecule has 0 bridgehead atoms. The van der Waals surface area contributed by atoms with Gasteiger partial charge >= 0.3 is 11.9 Å². The minimum Gasteiger partial charge on any atom is -0.459 e. The third-order valence-electron chi connectivity index (χ3n) is 2.72. The van der Waals surface area contributed by atoms with E-state index in [-0.39, 0.29) is 18.5 Å². The second kappa shape index (κ2) is 8.94. The molecule has 6 nitrogen and oxygen atoms in total. The lowest BCUT2D eigenvalue weighted by Crippen LogP contribution is -2.30. The van der Waals surface area contributed by atoms with E-state index in [1.54, 1.807) is 37.3 Å². The van der Waals surface area contributed by atoms with Crippen LogP contribution in [0.2, 0.25) is 0 Å². The fraction of sp³-hybridized carbons (Fsp3) is 0.438. The van der Waals surface area contributed by atoms with Gasteiger partial charge < -0.3 is 14.2 Å². The van der Waals surface area contributed by atoms with Gasteiger partial charge in [-0.1, -0.05) is 18.2 Å². The van der Waals surface area contributed by atoms with Crippen molar-refractivity contribution >= 4 is 17.7 Å². The minimum absolute atomic E-state index is 0.0643. The van der Waals surface area contributed by atoms with Crippen LogP contribution in [0.5, 0.6) is 0 Å². The molecule has 0 unspecified atom stereocenters. The predicted octanol–water partition coefficient (Wildman–Crippen LogP) is 1.51. The molecule has 0 N–H and O–H groups in total. The molecule has 1 heterocycles. The van der Waals surface area contributed by atoms with Crippen molar-refractivity contribution < 1.29 is 28.6 Å². The summed E-state index contributed by atoms with van der Waals surface area (Å²) >= 11 is 0. The molecule has 0 spiro atoms. The summed E-state index contributed by atoms with van der Waals surface area (Å²) in [5, 5.41) is 0. The van der Waals surface area contributed by atoms with Crippen molar-refractivity contribution in [1.29, 1.82) is 0 Å². The summed E-state index contributed by atoms with van der Waals surface area (Å²) in [7, 11) is 0. The normalized spacial score (nSPS) is 21.0. The van der Waals surface area contributed by atoms with Crippen LogP contribution in [0.4, 0.5) is 0 Å². The van der Waals surface area contributed by atoms with E-state index in [1.165, 1.54) is 19.9 Å². The first-order valence-corrected chi connectivity index (χ1v) is 6.90. The molecule has 0 saturated heterocycles. The third-order valence-corrected chi connectivity index (χ3v) is 2.72. The fourth-order valence-electron chi connectivity index (χ4n) is 1.76. The quantitative estimate of drug-likeness (QED) is 0.546. The van der Waals surface area contributed by atoms with Crippen LogP contribution in [-0.4, -0.2) is 42.6 Å². The lowest BCUT2D eigenvalue weighted by Gasteiger charge is -2.20. The van der Waals surface area contributed by atoms with Gasteiger partial charge in [0.25, 0.3) is 0 Å². The van der Waals surface area contributed by atoms with Crippen LogP contribution < -0.4 is 0 Å². The number of rotatable bonds is 6. The Morgan fingerprint density at radius 2 is 1.95 bits per heavy atom. The average Bonchev–Trinajstić information content (AvgIpc) is 2.43. The van der Waals surface area contributed by atoms with Gasteiger partial charge in [0, 0.05) is 13.8 Å². The maximum atomic E-state index is 11.1. The van der Waals surface area contributed by atoms with Crippen LogP contribution in [-0.2, 0) is 28.6 Å². The first-order chi connectivity index (χ1) is 10.4. The third kappa shape index (κ3) is 6.99. The molecule has 1 rings (SSSR count). The van der Waals surface area contributed by atoms with Gasteiger partial charge in [0.2, 0.25) is 0 Å². The molecule has 0 amide bonds. The number of carbonyl (C=O) groups excluding carboxylic acids is 3. The van der Waals surface area contributed by atoms with Crippen LogP contribution in [0, 0.1) is 0 Å². The number of ether oxygens (including phenoxy) is 3. The highest BCUT2D eigenvalue weighted by atomic mass is 16.6. The number of carbonyl (C=O) groups is 3. The molecule has 0 fully saturated rings. The van der Waals surface area contributed by atoms with Crippen molar-refractivity contribution in [2.24, 2.45) is 0 Å².